The van der Waals surface area contributed by atoms with Gasteiger partial charge in [-0.25, -0.2) is 18.1 Å². The summed E-state index contributed by atoms with van der Waals surface area (Å²) in [4.78, 5) is 6.44. The average Bonchev–Trinajstić information content (AvgIpc) is 2.65. The second-order valence-electron chi connectivity index (χ2n) is 2.90. The molecule has 0 fully saturated rings. The van der Waals surface area contributed by atoms with E-state index in [9.17, 15) is 8.42 Å². The van der Waals surface area contributed by atoms with Crippen molar-refractivity contribution in [3.8, 4) is 0 Å². The minimum absolute atomic E-state index is 0.203. The summed E-state index contributed by atoms with van der Waals surface area (Å²) in [7, 11) is -3.46. The van der Waals surface area contributed by atoms with Gasteiger partial charge in [-0.15, -0.1) is 11.3 Å². The van der Waals surface area contributed by atoms with Crippen LogP contribution >= 0.6 is 11.3 Å². The zero-order valence-electron chi connectivity index (χ0n) is 8.62. The van der Waals surface area contributed by atoms with E-state index in [1.54, 1.807) is 6.92 Å². The first-order valence-corrected chi connectivity index (χ1v) is 6.79. The highest BCUT2D eigenvalue weighted by Crippen LogP contribution is 2.17. The van der Waals surface area contributed by atoms with Crippen LogP contribution in [0.25, 0.3) is 10.4 Å². The fourth-order valence-electron chi connectivity index (χ4n) is 0.938. The summed E-state index contributed by atoms with van der Waals surface area (Å²) in [6, 6.07) is 0. The normalized spacial score (nSPS) is 11.1. The lowest BCUT2D eigenvalue weighted by atomic mass is 10.4. The Morgan fingerprint density at radius 2 is 2.44 bits per heavy atom. The second-order valence-corrected chi connectivity index (χ2v) is 6.13. The molecule has 0 aromatic carbocycles. The van der Waals surface area contributed by atoms with Crippen LogP contribution in [0.1, 0.15) is 11.4 Å². The lowest BCUT2D eigenvalue weighted by Crippen LogP contribution is -2.24. The van der Waals surface area contributed by atoms with E-state index in [4.69, 9.17) is 5.53 Å². The van der Waals surface area contributed by atoms with E-state index >= 15 is 0 Å². The van der Waals surface area contributed by atoms with Gasteiger partial charge < -0.3 is 0 Å². The highest BCUT2D eigenvalue weighted by atomic mass is 32.2. The van der Waals surface area contributed by atoms with Crippen LogP contribution in [0.5, 0.6) is 0 Å². The molecule has 0 saturated carbocycles. The minimum Gasteiger partial charge on any atom is -0.249 e. The largest absolute Gasteiger partial charge is 0.251 e. The fourth-order valence-corrected chi connectivity index (χ4v) is 3.16. The lowest BCUT2D eigenvalue weighted by molar-refractivity contribution is 0.581. The van der Waals surface area contributed by atoms with Gasteiger partial charge in [0.15, 0.2) is 4.21 Å². The van der Waals surface area contributed by atoms with Gasteiger partial charge in [0.2, 0.25) is 0 Å². The molecule has 0 aliphatic rings. The van der Waals surface area contributed by atoms with E-state index in [1.807, 2.05) is 0 Å². The zero-order valence-corrected chi connectivity index (χ0v) is 10.3. The molecule has 0 atom stereocenters. The molecule has 1 aromatic heterocycles. The van der Waals surface area contributed by atoms with Crippen molar-refractivity contribution in [3.63, 3.8) is 0 Å². The van der Waals surface area contributed by atoms with Gasteiger partial charge in [0.25, 0.3) is 10.0 Å². The summed E-state index contributed by atoms with van der Waals surface area (Å²) < 4.78 is 25.9. The minimum atomic E-state index is -3.46. The van der Waals surface area contributed by atoms with Gasteiger partial charge in [-0.05, 0) is 18.9 Å². The Kier molecular flexibility index (Phi) is 4.69. The number of nitrogens with one attached hydrogen (secondary N) is 1. The van der Waals surface area contributed by atoms with Crippen LogP contribution in [-0.4, -0.2) is 26.5 Å². The Hall–Kier alpha value is -1.15. The summed E-state index contributed by atoms with van der Waals surface area (Å²) in [6.45, 7) is 2.27. The van der Waals surface area contributed by atoms with Crippen LogP contribution in [0.4, 0.5) is 0 Å². The van der Waals surface area contributed by atoms with Crippen LogP contribution in [0.3, 0.4) is 0 Å². The fraction of sp³-hybridized carbons (Fsp3) is 0.571. The molecule has 0 amide bonds. The van der Waals surface area contributed by atoms with E-state index in [-0.39, 0.29) is 17.3 Å². The third-order valence-corrected chi connectivity index (χ3v) is 4.49. The van der Waals surface area contributed by atoms with Crippen LogP contribution in [0.15, 0.2) is 15.5 Å². The first-order chi connectivity index (χ1) is 7.56. The van der Waals surface area contributed by atoms with Crippen molar-refractivity contribution < 1.29 is 8.42 Å². The first-order valence-electron chi connectivity index (χ1n) is 4.49. The zero-order chi connectivity index (χ0) is 12.0. The first kappa shape index (κ1) is 12.9. The molecule has 0 bridgehead atoms. The summed E-state index contributed by atoms with van der Waals surface area (Å²) in [5, 5.41) is 4.01. The van der Waals surface area contributed by atoms with Crippen LogP contribution in [-0.2, 0) is 10.0 Å². The number of thiazole rings is 1. The summed E-state index contributed by atoms with van der Waals surface area (Å²) in [5.41, 5.74) is 8.02. The summed E-state index contributed by atoms with van der Waals surface area (Å²) in [5.74, 6) is 0. The maximum absolute atomic E-state index is 11.6. The maximum atomic E-state index is 11.6. The molecule has 1 aromatic rings. The van der Waals surface area contributed by atoms with Crippen molar-refractivity contribution in [2.75, 3.05) is 13.1 Å². The second kappa shape index (κ2) is 5.80. The van der Waals surface area contributed by atoms with Gasteiger partial charge >= 0.3 is 0 Å². The standard InChI is InChI=1S/C7H11N5O2S2/c1-6-9-5-7(15-6)16(13,14)11-4-2-3-10-12-8/h5,11H,2-4H2,1H3. The molecule has 0 spiro atoms. The summed E-state index contributed by atoms with van der Waals surface area (Å²) in [6.07, 6.45) is 1.80. The number of sulfonamides is 1. The van der Waals surface area contributed by atoms with E-state index < -0.39 is 10.0 Å². The van der Waals surface area contributed by atoms with Crippen molar-refractivity contribution in [1.29, 1.82) is 0 Å². The van der Waals surface area contributed by atoms with Crippen LogP contribution < -0.4 is 4.72 Å². The SMILES string of the molecule is Cc1ncc(S(=O)(=O)NCCCN=[N+]=[N-])s1. The Labute approximate surface area is 97.2 Å². The molecule has 0 aliphatic carbocycles. The molecule has 1 heterocycles. The Balaban J connectivity index is 2.50. The topological polar surface area (TPSA) is 108 Å². The predicted molar refractivity (Wildman–Crippen MR) is 60.7 cm³/mol. The van der Waals surface area contributed by atoms with Gasteiger partial charge in [0, 0.05) is 18.0 Å². The molecule has 1 N–H and O–H groups in total. The van der Waals surface area contributed by atoms with Gasteiger partial charge in [0.05, 0.1) is 11.2 Å². The van der Waals surface area contributed by atoms with Crippen molar-refractivity contribution in [3.05, 3.63) is 21.6 Å². The number of aromatic nitrogens is 1. The van der Waals surface area contributed by atoms with E-state index in [2.05, 4.69) is 19.7 Å². The quantitative estimate of drug-likeness (QED) is 0.362. The average molecular weight is 261 g/mol. The molecule has 0 saturated heterocycles. The molecule has 88 valence electrons. The highest BCUT2D eigenvalue weighted by molar-refractivity contribution is 7.91. The number of hydrogen-bond acceptors (Lipinski definition) is 5. The van der Waals surface area contributed by atoms with Gasteiger partial charge in [0.1, 0.15) is 0 Å². The molecule has 16 heavy (non-hydrogen) atoms. The monoisotopic (exact) mass is 261 g/mol. The van der Waals surface area contributed by atoms with E-state index in [0.29, 0.717) is 11.4 Å². The smallest absolute Gasteiger partial charge is 0.249 e. The molecule has 0 radical (unpaired) electrons. The molecule has 0 aliphatic heterocycles. The van der Waals surface area contributed by atoms with E-state index in [0.717, 1.165) is 11.3 Å². The Bertz CT molecular complexity index is 489. The van der Waals surface area contributed by atoms with Crippen LogP contribution in [0.2, 0.25) is 0 Å². The van der Waals surface area contributed by atoms with Crippen molar-refractivity contribution in [2.45, 2.75) is 17.6 Å². The third-order valence-electron chi connectivity index (χ3n) is 1.66. The molecular weight excluding hydrogens is 250 g/mol. The van der Waals surface area contributed by atoms with E-state index in [1.165, 1.54) is 6.20 Å². The molecule has 1 rings (SSSR count). The van der Waals surface area contributed by atoms with Crippen molar-refractivity contribution >= 4 is 21.4 Å². The highest BCUT2D eigenvalue weighted by Gasteiger charge is 2.15. The Morgan fingerprint density at radius 1 is 1.69 bits per heavy atom. The van der Waals surface area contributed by atoms with Crippen molar-refractivity contribution in [1.82, 2.24) is 9.71 Å². The van der Waals surface area contributed by atoms with Gasteiger partial charge in [-0.1, -0.05) is 5.11 Å². The molecule has 7 nitrogen and oxygen atoms in total. The lowest BCUT2D eigenvalue weighted by Gasteiger charge is -2.01. The third kappa shape index (κ3) is 3.78. The summed E-state index contributed by atoms with van der Waals surface area (Å²) >= 11 is 1.12. The maximum Gasteiger partial charge on any atom is 0.251 e. The van der Waals surface area contributed by atoms with Gasteiger partial charge in [-0.2, -0.15) is 0 Å². The predicted octanol–water partition coefficient (Wildman–Crippen LogP) is 1.43. The molecule has 9 heteroatoms. The Morgan fingerprint density at radius 3 is 3.00 bits per heavy atom. The molecular formula is C7H11N5O2S2. The van der Waals surface area contributed by atoms with Crippen LogP contribution in [0, 0.1) is 6.92 Å². The number of rotatable bonds is 6. The number of aryl methyl sites for hydroxylation is 1. The number of azide groups is 1. The van der Waals surface area contributed by atoms with Crippen molar-refractivity contribution in [2.24, 2.45) is 5.11 Å². The number of hydrogen-bond donors (Lipinski definition) is 1. The molecule has 0 unspecified atom stereocenters. The number of nitrogens with zero attached hydrogens (tertiary/aromatic N) is 4. The van der Waals surface area contributed by atoms with Gasteiger partial charge in [-0.3, -0.25) is 0 Å².